The number of piperazine rings is 1. The van der Waals surface area contributed by atoms with Crippen molar-refractivity contribution in [1.82, 2.24) is 39.6 Å². The Kier molecular flexibility index (Phi) is 6.41. The van der Waals surface area contributed by atoms with E-state index in [0.29, 0.717) is 46.4 Å². The van der Waals surface area contributed by atoms with Crippen LogP contribution in [0.4, 0.5) is 16.0 Å². The SMILES string of the molecule is C=CC(=O)N1C[C@H](C)N(c2nc(=O)n(-c3c(C4CC4)ncnc3C3CC3)c3nc(-c4cccc5[nH]nc(N)c45)c(F)cc23)C[C@H]1C. The Morgan fingerprint density at radius 3 is 2.46 bits per heavy atom. The van der Waals surface area contributed by atoms with Crippen molar-refractivity contribution in [2.24, 2.45) is 0 Å². The summed E-state index contributed by atoms with van der Waals surface area (Å²) >= 11 is 0. The van der Waals surface area contributed by atoms with Crippen molar-refractivity contribution in [2.75, 3.05) is 23.7 Å². The van der Waals surface area contributed by atoms with Gasteiger partial charge in [-0.05, 0) is 57.7 Å². The Balaban J connectivity index is 1.41. The van der Waals surface area contributed by atoms with Crippen LogP contribution in [0.2, 0.25) is 0 Å². The third-order valence-corrected chi connectivity index (χ3v) is 9.42. The number of carbonyl (C=O) groups is 1. The first-order chi connectivity index (χ1) is 22.2. The largest absolute Gasteiger partial charge is 0.382 e. The molecule has 5 heterocycles. The summed E-state index contributed by atoms with van der Waals surface area (Å²) in [6, 6.07) is 6.31. The van der Waals surface area contributed by atoms with Crippen LogP contribution in [0, 0.1) is 5.82 Å². The number of H-pyrrole nitrogens is 1. The fraction of sp³-hybridized carbons (Fsp3) is 0.364. The number of nitrogens with two attached hydrogens (primary N) is 1. The molecule has 4 aromatic heterocycles. The number of nitrogen functional groups attached to an aromatic ring is 1. The smallest absolute Gasteiger partial charge is 0.355 e. The average Bonchev–Trinajstić information content (AvgIpc) is 3.99. The molecule has 0 radical (unpaired) electrons. The highest BCUT2D eigenvalue weighted by atomic mass is 19.1. The molecule has 3 aliphatic rings. The Morgan fingerprint density at radius 1 is 1.07 bits per heavy atom. The van der Waals surface area contributed by atoms with Gasteiger partial charge in [-0.25, -0.2) is 28.7 Å². The summed E-state index contributed by atoms with van der Waals surface area (Å²) in [5, 5.41) is 7.93. The number of carbonyl (C=O) groups excluding carboxylic acids is 1. The van der Waals surface area contributed by atoms with Crippen molar-refractivity contribution in [2.45, 2.75) is 63.5 Å². The van der Waals surface area contributed by atoms with Crippen molar-refractivity contribution < 1.29 is 9.18 Å². The van der Waals surface area contributed by atoms with E-state index in [1.807, 2.05) is 24.8 Å². The van der Waals surface area contributed by atoms with Gasteiger partial charge in [-0.3, -0.25) is 9.89 Å². The first-order valence-electron chi connectivity index (χ1n) is 15.7. The molecule has 8 rings (SSSR count). The van der Waals surface area contributed by atoms with Gasteiger partial charge in [-0.2, -0.15) is 10.1 Å². The van der Waals surface area contributed by atoms with Gasteiger partial charge in [0, 0.05) is 42.6 Å². The van der Waals surface area contributed by atoms with Crippen LogP contribution in [-0.4, -0.2) is 70.7 Å². The lowest BCUT2D eigenvalue weighted by Crippen LogP contribution is -2.58. The van der Waals surface area contributed by atoms with E-state index in [2.05, 4.69) is 31.7 Å². The normalized spacial score (nSPS) is 20.1. The van der Waals surface area contributed by atoms with E-state index in [1.54, 1.807) is 23.4 Å². The maximum atomic E-state index is 16.4. The zero-order chi connectivity index (χ0) is 31.9. The number of benzene rings is 1. The van der Waals surface area contributed by atoms with Gasteiger partial charge in [0.25, 0.3) is 0 Å². The van der Waals surface area contributed by atoms with Crippen LogP contribution in [0.1, 0.15) is 62.8 Å². The summed E-state index contributed by atoms with van der Waals surface area (Å²) < 4.78 is 17.9. The van der Waals surface area contributed by atoms with Gasteiger partial charge in [0.1, 0.15) is 23.7 Å². The van der Waals surface area contributed by atoms with Crippen LogP contribution in [0.15, 0.2) is 48.0 Å². The lowest BCUT2D eigenvalue weighted by atomic mass is 10.0. The minimum atomic E-state index is -0.593. The van der Waals surface area contributed by atoms with Gasteiger partial charge >= 0.3 is 5.69 Å². The Bertz CT molecular complexity index is 2100. The lowest BCUT2D eigenvalue weighted by molar-refractivity contribution is -0.128. The molecular formula is C33H33FN10O2. The molecule has 46 heavy (non-hydrogen) atoms. The van der Waals surface area contributed by atoms with Crippen LogP contribution < -0.4 is 16.3 Å². The molecule has 1 saturated heterocycles. The van der Waals surface area contributed by atoms with E-state index in [9.17, 15) is 9.59 Å². The predicted octanol–water partition coefficient (Wildman–Crippen LogP) is 4.20. The molecule has 2 atom stereocenters. The van der Waals surface area contributed by atoms with E-state index in [1.165, 1.54) is 16.7 Å². The van der Waals surface area contributed by atoms with Crippen molar-refractivity contribution >= 4 is 39.5 Å². The Labute approximate surface area is 263 Å². The van der Waals surface area contributed by atoms with Crippen LogP contribution in [-0.2, 0) is 4.79 Å². The number of rotatable bonds is 6. The van der Waals surface area contributed by atoms with Crippen molar-refractivity contribution in [3.05, 3.63) is 70.9 Å². The van der Waals surface area contributed by atoms with Crippen LogP contribution >= 0.6 is 0 Å². The van der Waals surface area contributed by atoms with Crippen LogP contribution in [0.3, 0.4) is 0 Å². The molecule has 0 spiro atoms. The number of anilines is 2. The fourth-order valence-electron chi connectivity index (χ4n) is 6.80. The molecule has 12 nitrogen and oxygen atoms in total. The molecule has 234 valence electrons. The molecule has 3 N–H and O–H groups in total. The minimum absolute atomic E-state index is 0.0390. The number of hydrogen-bond donors (Lipinski definition) is 2. The fourth-order valence-corrected chi connectivity index (χ4v) is 6.80. The molecule has 0 unspecified atom stereocenters. The molecule has 1 amide bonds. The number of hydrogen-bond acceptors (Lipinski definition) is 9. The molecule has 13 heteroatoms. The molecule has 2 saturated carbocycles. The highest BCUT2D eigenvalue weighted by molar-refractivity contribution is 6.02. The minimum Gasteiger partial charge on any atom is -0.382 e. The number of fused-ring (bicyclic) bond motifs is 2. The number of nitrogens with one attached hydrogen (secondary N) is 1. The second-order valence-corrected chi connectivity index (χ2v) is 12.7. The van der Waals surface area contributed by atoms with Crippen LogP contribution in [0.5, 0.6) is 0 Å². The van der Waals surface area contributed by atoms with Gasteiger partial charge in [-0.1, -0.05) is 18.7 Å². The summed E-state index contributed by atoms with van der Waals surface area (Å²) in [6.07, 6.45) is 6.73. The number of amides is 1. The Hall–Kier alpha value is -5.20. The first-order valence-corrected chi connectivity index (χ1v) is 15.7. The van der Waals surface area contributed by atoms with Gasteiger partial charge in [0.15, 0.2) is 11.5 Å². The van der Waals surface area contributed by atoms with Crippen molar-refractivity contribution in [3.8, 4) is 16.9 Å². The highest BCUT2D eigenvalue weighted by Gasteiger charge is 2.38. The van der Waals surface area contributed by atoms with Crippen LogP contribution in [0.25, 0.3) is 38.9 Å². The van der Waals surface area contributed by atoms with Gasteiger partial charge in [-0.15, -0.1) is 0 Å². The average molecular weight is 621 g/mol. The van der Waals surface area contributed by atoms with E-state index < -0.39 is 11.5 Å². The molecule has 5 aromatic rings. The summed E-state index contributed by atoms with van der Waals surface area (Å²) in [5.41, 5.74) is 9.26. The van der Waals surface area contributed by atoms with Gasteiger partial charge < -0.3 is 15.5 Å². The molecule has 0 bridgehead atoms. The molecule has 1 aliphatic heterocycles. The standard InChI is InChI=1S/C33H33FN10O2/c1-4-24(45)42-13-17(3)43(14-16(42)2)31-21-12-22(34)28(20-6-5-7-23-25(20)30(35)41-40-23)38-32(21)44(33(46)39-31)29-26(18-8-9-18)36-15-37-27(29)19-10-11-19/h4-7,12,15-19H,1,8-11,13-14H2,2-3H3,(H3,35,40,41)/t16-,17+/m1/s1. The summed E-state index contributed by atoms with van der Waals surface area (Å²) in [5.74, 6) is 0.183. The number of aromatic amines is 1. The first kappa shape index (κ1) is 28.3. The zero-order valence-corrected chi connectivity index (χ0v) is 25.6. The third-order valence-electron chi connectivity index (χ3n) is 9.42. The maximum Gasteiger partial charge on any atom is 0.355 e. The zero-order valence-electron chi connectivity index (χ0n) is 25.6. The second-order valence-electron chi connectivity index (χ2n) is 12.7. The van der Waals surface area contributed by atoms with E-state index in [0.717, 1.165) is 37.1 Å². The Morgan fingerprint density at radius 2 is 1.78 bits per heavy atom. The summed E-state index contributed by atoms with van der Waals surface area (Å²) in [4.78, 5) is 49.5. The summed E-state index contributed by atoms with van der Waals surface area (Å²) in [7, 11) is 0. The van der Waals surface area contributed by atoms with Crippen molar-refractivity contribution in [3.63, 3.8) is 0 Å². The molecule has 2 aliphatic carbocycles. The predicted molar refractivity (Wildman–Crippen MR) is 172 cm³/mol. The topological polar surface area (TPSA) is 152 Å². The monoisotopic (exact) mass is 620 g/mol. The highest BCUT2D eigenvalue weighted by Crippen LogP contribution is 2.47. The number of pyridine rings is 1. The van der Waals surface area contributed by atoms with E-state index in [-0.39, 0.29) is 47.0 Å². The number of nitrogens with zero attached hydrogens (tertiary/aromatic N) is 8. The van der Waals surface area contributed by atoms with Gasteiger partial charge in [0.05, 0.1) is 33.4 Å². The van der Waals surface area contributed by atoms with Gasteiger partial charge in [0.2, 0.25) is 5.91 Å². The third kappa shape index (κ3) is 4.44. The maximum absolute atomic E-state index is 16.4. The number of halogens is 1. The van der Waals surface area contributed by atoms with E-state index in [4.69, 9.17) is 10.7 Å². The quantitative estimate of drug-likeness (QED) is 0.266. The lowest BCUT2D eigenvalue weighted by Gasteiger charge is -2.44. The van der Waals surface area contributed by atoms with Crippen molar-refractivity contribution in [1.29, 1.82) is 0 Å². The molecular weight excluding hydrogens is 587 g/mol. The number of aromatic nitrogens is 7. The summed E-state index contributed by atoms with van der Waals surface area (Å²) in [6.45, 7) is 8.30. The van der Waals surface area contributed by atoms with E-state index >= 15 is 4.39 Å². The molecule has 1 aromatic carbocycles. The second kappa shape index (κ2) is 10.4. The molecule has 3 fully saturated rings.